The van der Waals surface area contributed by atoms with E-state index in [1.165, 1.54) is 20.5 Å². The van der Waals surface area contributed by atoms with Crippen LogP contribution >= 0.6 is 0 Å². The Balaban J connectivity index is 2.26. The molecule has 2 aromatic rings. The monoisotopic (exact) mass is 413 g/mol. The molecule has 7 heteroatoms. The van der Waals surface area contributed by atoms with Gasteiger partial charge >= 0.3 is 5.97 Å². The van der Waals surface area contributed by atoms with Crippen LogP contribution in [0.15, 0.2) is 53.9 Å². The third kappa shape index (κ3) is 6.27. The Morgan fingerprint density at radius 3 is 2.57 bits per heavy atom. The fourth-order valence-corrected chi connectivity index (χ4v) is 2.64. The fourth-order valence-electron chi connectivity index (χ4n) is 2.64. The van der Waals surface area contributed by atoms with Crippen molar-refractivity contribution in [3.8, 4) is 11.5 Å². The molecule has 0 saturated heterocycles. The molecule has 2 rings (SSSR count). The van der Waals surface area contributed by atoms with Crippen molar-refractivity contribution in [2.45, 2.75) is 20.0 Å². The molecule has 7 nitrogen and oxygen atoms in total. The molecule has 0 unspecified atom stereocenters. The molecule has 0 atom stereocenters. The number of oxime groups is 1. The van der Waals surface area contributed by atoms with Crippen LogP contribution in [0.3, 0.4) is 0 Å². The zero-order valence-electron chi connectivity index (χ0n) is 17.7. The third-order valence-corrected chi connectivity index (χ3v) is 4.09. The highest BCUT2D eigenvalue weighted by molar-refractivity contribution is 6.16. The minimum atomic E-state index is -0.493. The highest BCUT2D eigenvalue weighted by Crippen LogP contribution is 2.29. The molecule has 2 aromatic carbocycles. The number of hydrogen-bond donors (Lipinski definition) is 0. The van der Waals surface area contributed by atoms with Crippen LogP contribution in [0.4, 0.5) is 0 Å². The van der Waals surface area contributed by atoms with E-state index < -0.39 is 5.97 Å². The van der Waals surface area contributed by atoms with E-state index in [0.717, 1.165) is 17.5 Å². The van der Waals surface area contributed by atoms with E-state index in [4.69, 9.17) is 23.8 Å². The van der Waals surface area contributed by atoms with E-state index in [1.807, 2.05) is 43.3 Å². The molecule has 0 bridgehead atoms. The SMILES string of the molecule is CCCO/N=C/c1ccc(OC)c(OCc2ccccc2/C(=C/OC)C(=O)OC)c1. The molecule has 0 radical (unpaired) electrons. The molecule has 0 aliphatic rings. The second kappa shape index (κ2) is 12.2. The minimum absolute atomic E-state index is 0.206. The largest absolute Gasteiger partial charge is 0.503 e. The molecule has 0 aliphatic carbocycles. The summed E-state index contributed by atoms with van der Waals surface area (Å²) in [7, 11) is 4.38. The van der Waals surface area contributed by atoms with Crippen LogP contribution in [0.25, 0.3) is 5.57 Å². The lowest BCUT2D eigenvalue weighted by molar-refractivity contribution is -0.133. The van der Waals surface area contributed by atoms with Crippen molar-refractivity contribution in [3.05, 3.63) is 65.4 Å². The number of benzene rings is 2. The molecule has 0 spiro atoms. The summed E-state index contributed by atoms with van der Waals surface area (Å²) >= 11 is 0. The number of carbonyl (C=O) groups is 1. The van der Waals surface area contributed by atoms with E-state index in [9.17, 15) is 4.79 Å². The summed E-state index contributed by atoms with van der Waals surface area (Å²) in [4.78, 5) is 17.3. The summed E-state index contributed by atoms with van der Waals surface area (Å²) in [6.45, 7) is 2.78. The lowest BCUT2D eigenvalue weighted by atomic mass is 10.0. The number of hydrogen-bond acceptors (Lipinski definition) is 7. The van der Waals surface area contributed by atoms with Gasteiger partial charge in [-0.3, -0.25) is 0 Å². The predicted molar refractivity (Wildman–Crippen MR) is 115 cm³/mol. The van der Waals surface area contributed by atoms with Crippen LogP contribution in [0.1, 0.15) is 30.0 Å². The molecule has 30 heavy (non-hydrogen) atoms. The van der Waals surface area contributed by atoms with Crippen LogP contribution in [0.5, 0.6) is 11.5 Å². The van der Waals surface area contributed by atoms with Gasteiger partial charge in [0.1, 0.15) is 18.8 Å². The summed E-state index contributed by atoms with van der Waals surface area (Å²) in [5.41, 5.74) is 2.57. The third-order valence-electron chi connectivity index (χ3n) is 4.09. The van der Waals surface area contributed by atoms with Crippen LogP contribution in [0.2, 0.25) is 0 Å². The smallest absolute Gasteiger partial charge is 0.341 e. The Morgan fingerprint density at radius 2 is 1.87 bits per heavy atom. The van der Waals surface area contributed by atoms with Gasteiger partial charge in [0.15, 0.2) is 11.5 Å². The standard InChI is InChI=1S/C23H27NO6/c1-5-12-30-24-14-17-10-11-21(27-3)22(13-17)29-15-18-8-6-7-9-19(18)20(16-26-2)23(25)28-4/h6-11,13-14,16H,5,12,15H2,1-4H3/b20-16-,24-14+. The van der Waals surface area contributed by atoms with E-state index >= 15 is 0 Å². The normalized spacial score (nSPS) is 11.3. The molecule has 0 saturated carbocycles. The van der Waals surface area contributed by atoms with Crippen molar-refractivity contribution in [3.63, 3.8) is 0 Å². The van der Waals surface area contributed by atoms with Crippen molar-refractivity contribution in [1.29, 1.82) is 0 Å². The van der Waals surface area contributed by atoms with Crippen molar-refractivity contribution >= 4 is 17.8 Å². The summed E-state index contributed by atoms with van der Waals surface area (Å²) in [6, 6.07) is 12.9. The van der Waals surface area contributed by atoms with Gasteiger partial charge in [-0.2, -0.15) is 0 Å². The maximum Gasteiger partial charge on any atom is 0.341 e. The first-order valence-electron chi connectivity index (χ1n) is 9.50. The number of nitrogens with zero attached hydrogens (tertiary/aromatic N) is 1. The van der Waals surface area contributed by atoms with Gasteiger partial charge in [-0.15, -0.1) is 0 Å². The quantitative estimate of drug-likeness (QED) is 0.137. The first-order chi connectivity index (χ1) is 14.6. The molecule has 0 N–H and O–H groups in total. The lowest BCUT2D eigenvalue weighted by Gasteiger charge is -2.14. The van der Waals surface area contributed by atoms with Crippen molar-refractivity contribution in [2.75, 3.05) is 27.9 Å². The first kappa shape index (κ1) is 22.8. The first-order valence-corrected chi connectivity index (χ1v) is 9.50. The highest BCUT2D eigenvalue weighted by atomic mass is 16.6. The van der Waals surface area contributed by atoms with Gasteiger partial charge in [-0.05, 0) is 35.7 Å². The molecule has 0 aromatic heterocycles. The van der Waals surface area contributed by atoms with Gasteiger partial charge in [0.2, 0.25) is 0 Å². The Labute approximate surface area is 176 Å². The second-order valence-corrected chi connectivity index (χ2v) is 6.18. The predicted octanol–water partition coefficient (Wildman–Crippen LogP) is 4.20. The van der Waals surface area contributed by atoms with E-state index in [-0.39, 0.29) is 6.61 Å². The average molecular weight is 413 g/mol. The molecule has 160 valence electrons. The van der Waals surface area contributed by atoms with Crippen molar-refractivity contribution < 1.29 is 28.6 Å². The Bertz CT molecular complexity index is 891. The van der Waals surface area contributed by atoms with Gasteiger partial charge < -0.3 is 23.8 Å². The van der Waals surface area contributed by atoms with E-state index in [2.05, 4.69) is 5.16 Å². The van der Waals surface area contributed by atoms with Crippen LogP contribution in [0, 0.1) is 0 Å². The molecule has 0 heterocycles. The number of esters is 1. The fraction of sp³-hybridized carbons (Fsp3) is 0.304. The van der Waals surface area contributed by atoms with Gasteiger partial charge in [-0.25, -0.2) is 4.79 Å². The maximum absolute atomic E-state index is 12.2. The Kier molecular flexibility index (Phi) is 9.24. The summed E-state index contributed by atoms with van der Waals surface area (Å²) in [6.07, 6.45) is 3.87. The second-order valence-electron chi connectivity index (χ2n) is 6.18. The van der Waals surface area contributed by atoms with Gasteiger partial charge in [0.05, 0.1) is 33.8 Å². The lowest BCUT2D eigenvalue weighted by Crippen LogP contribution is -2.08. The Hall–Kier alpha value is -3.48. The molecular formula is C23H27NO6. The topological polar surface area (TPSA) is 75.6 Å². The van der Waals surface area contributed by atoms with E-state index in [0.29, 0.717) is 29.2 Å². The van der Waals surface area contributed by atoms with Crippen molar-refractivity contribution in [1.82, 2.24) is 0 Å². The zero-order valence-corrected chi connectivity index (χ0v) is 17.7. The van der Waals surface area contributed by atoms with Gasteiger partial charge in [0, 0.05) is 5.56 Å². The summed E-state index contributed by atoms with van der Waals surface area (Å²) in [5, 5.41) is 3.94. The summed E-state index contributed by atoms with van der Waals surface area (Å²) in [5.74, 6) is 0.633. The number of rotatable bonds is 11. The molecule has 0 fully saturated rings. The van der Waals surface area contributed by atoms with Gasteiger partial charge in [-0.1, -0.05) is 36.3 Å². The van der Waals surface area contributed by atoms with Crippen LogP contribution < -0.4 is 9.47 Å². The molecule has 0 amide bonds. The van der Waals surface area contributed by atoms with Crippen LogP contribution in [-0.2, 0) is 25.7 Å². The number of ether oxygens (including phenoxy) is 4. The number of carbonyl (C=O) groups excluding carboxylic acids is 1. The van der Waals surface area contributed by atoms with E-state index in [1.54, 1.807) is 19.4 Å². The van der Waals surface area contributed by atoms with Crippen LogP contribution in [-0.4, -0.2) is 40.1 Å². The Morgan fingerprint density at radius 1 is 1.07 bits per heavy atom. The number of methoxy groups -OCH3 is 3. The average Bonchev–Trinajstić information content (AvgIpc) is 2.78. The van der Waals surface area contributed by atoms with Gasteiger partial charge in [0.25, 0.3) is 0 Å². The maximum atomic E-state index is 12.2. The highest BCUT2D eigenvalue weighted by Gasteiger charge is 2.17. The zero-order chi connectivity index (χ0) is 21.8. The molecular weight excluding hydrogens is 386 g/mol. The summed E-state index contributed by atoms with van der Waals surface area (Å²) < 4.78 is 21.3. The van der Waals surface area contributed by atoms with Crippen molar-refractivity contribution in [2.24, 2.45) is 5.16 Å². The minimum Gasteiger partial charge on any atom is -0.503 e. The molecule has 0 aliphatic heterocycles.